The number of para-hydroxylation sites is 1. The van der Waals surface area contributed by atoms with Crippen molar-refractivity contribution >= 4 is 44.7 Å². The summed E-state index contributed by atoms with van der Waals surface area (Å²) in [5.41, 5.74) is 2.79. The zero-order chi connectivity index (χ0) is 18.8. The molecule has 27 heavy (non-hydrogen) atoms. The maximum absolute atomic E-state index is 12.5. The molecular weight excluding hydrogens is 378 g/mol. The van der Waals surface area contributed by atoms with E-state index in [0.717, 1.165) is 42.7 Å². The Hall–Kier alpha value is -1.95. The average Bonchev–Trinajstić information content (AvgIpc) is 3.10. The van der Waals surface area contributed by atoms with E-state index >= 15 is 0 Å². The third kappa shape index (κ3) is 4.15. The van der Waals surface area contributed by atoms with Crippen molar-refractivity contribution in [1.82, 2.24) is 4.98 Å². The van der Waals surface area contributed by atoms with Gasteiger partial charge in [0.1, 0.15) is 5.01 Å². The second-order valence-electron chi connectivity index (χ2n) is 7.20. The van der Waals surface area contributed by atoms with Crippen molar-refractivity contribution in [3.63, 3.8) is 0 Å². The molecule has 1 aromatic heterocycles. The van der Waals surface area contributed by atoms with Gasteiger partial charge in [-0.3, -0.25) is 4.79 Å². The number of nitrogens with zero attached hydrogens (tertiary/aromatic N) is 1. The van der Waals surface area contributed by atoms with Gasteiger partial charge in [0.15, 0.2) is 6.54 Å². The van der Waals surface area contributed by atoms with Crippen molar-refractivity contribution in [2.75, 3.05) is 25.0 Å². The number of rotatable bonds is 4. The lowest BCUT2D eigenvalue weighted by atomic mass is 9.99. The van der Waals surface area contributed by atoms with E-state index in [4.69, 9.17) is 16.6 Å². The molecule has 4 rings (SSSR count). The van der Waals surface area contributed by atoms with Gasteiger partial charge in [0.2, 0.25) is 0 Å². The number of aromatic nitrogens is 1. The third-order valence-electron chi connectivity index (χ3n) is 5.23. The molecule has 2 aromatic carbocycles. The molecule has 1 fully saturated rings. The molecule has 0 spiro atoms. The van der Waals surface area contributed by atoms with Crippen LogP contribution in [0.25, 0.3) is 10.2 Å². The summed E-state index contributed by atoms with van der Waals surface area (Å²) in [5.74, 6) is 0.479. The van der Waals surface area contributed by atoms with Crippen molar-refractivity contribution in [1.29, 1.82) is 0 Å². The molecule has 0 saturated carbocycles. The minimum absolute atomic E-state index is 0.0420. The monoisotopic (exact) mass is 400 g/mol. The van der Waals surface area contributed by atoms with Crippen molar-refractivity contribution in [2.24, 2.45) is 0 Å². The second-order valence-corrected chi connectivity index (χ2v) is 8.67. The van der Waals surface area contributed by atoms with Gasteiger partial charge in [-0.2, -0.15) is 0 Å². The number of hydrogen-bond acceptors (Lipinski definition) is 3. The fourth-order valence-corrected chi connectivity index (χ4v) is 5.03. The Kier molecular flexibility index (Phi) is 5.43. The summed E-state index contributed by atoms with van der Waals surface area (Å²) in [7, 11) is 0. The van der Waals surface area contributed by atoms with E-state index in [1.165, 1.54) is 14.6 Å². The molecule has 0 radical (unpaired) electrons. The van der Waals surface area contributed by atoms with Gasteiger partial charge in [0.25, 0.3) is 5.91 Å². The smallest absolute Gasteiger partial charge is 0.279 e. The van der Waals surface area contributed by atoms with E-state index in [-0.39, 0.29) is 5.91 Å². The quantitative estimate of drug-likeness (QED) is 0.702. The van der Waals surface area contributed by atoms with Crippen LogP contribution in [0.1, 0.15) is 29.3 Å². The molecule has 2 atom stereocenters. The number of anilines is 1. The SMILES string of the molecule is Cc1c(Cl)cccc1NC(=O)C[NH+]1CCC[C@H](c2nc3ccccc3s2)C1. The van der Waals surface area contributed by atoms with Gasteiger partial charge in [0.05, 0.1) is 29.2 Å². The lowest BCUT2D eigenvalue weighted by molar-refractivity contribution is -0.898. The van der Waals surface area contributed by atoms with Crippen molar-refractivity contribution < 1.29 is 9.69 Å². The van der Waals surface area contributed by atoms with Crippen molar-refractivity contribution in [3.8, 4) is 0 Å². The van der Waals surface area contributed by atoms with Crippen LogP contribution in [-0.2, 0) is 4.79 Å². The van der Waals surface area contributed by atoms with Crippen LogP contribution >= 0.6 is 22.9 Å². The summed E-state index contributed by atoms with van der Waals surface area (Å²) in [4.78, 5) is 18.7. The zero-order valence-electron chi connectivity index (χ0n) is 15.3. The molecule has 0 aliphatic carbocycles. The number of benzene rings is 2. The van der Waals surface area contributed by atoms with E-state index in [0.29, 0.717) is 17.5 Å². The maximum atomic E-state index is 12.5. The molecule has 1 aliphatic heterocycles. The fraction of sp³-hybridized carbons (Fsp3) is 0.333. The summed E-state index contributed by atoms with van der Waals surface area (Å²) < 4.78 is 1.24. The van der Waals surface area contributed by atoms with E-state index in [2.05, 4.69) is 23.5 Å². The number of piperidine rings is 1. The van der Waals surface area contributed by atoms with Crippen LogP contribution in [0.3, 0.4) is 0 Å². The Morgan fingerprint density at radius 3 is 3.00 bits per heavy atom. The first-order valence-electron chi connectivity index (χ1n) is 9.34. The lowest BCUT2D eigenvalue weighted by Gasteiger charge is -2.28. The van der Waals surface area contributed by atoms with E-state index < -0.39 is 0 Å². The van der Waals surface area contributed by atoms with Gasteiger partial charge < -0.3 is 10.2 Å². The number of thiazole rings is 1. The fourth-order valence-electron chi connectivity index (χ4n) is 3.75. The van der Waals surface area contributed by atoms with Gasteiger partial charge in [0, 0.05) is 10.7 Å². The largest absolute Gasteiger partial charge is 0.327 e. The molecule has 2 heterocycles. The third-order valence-corrected chi connectivity index (χ3v) is 6.84. The molecule has 1 aliphatic rings. The summed E-state index contributed by atoms with van der Waals surface area (Å²) in [6.45, 7) is 4.40. The molecular formula is C21H23ClN3OS+. The first kappa shape index (κ1) is 18.4. The molecule has 2 N–H and O–H groups in total. The Morgan fingerprint density at radius 2 is 2.15 bits per heavy atom. The number of likely N-dealkylation sites (tertiary alicyclic amines) is 1. The maximum Gasteiger partial charge on any atom is 0.279 e. The number of amides is 1. The summed E-state index contributed by atoms with van der Waals surface area (Å²) in [5, 5.41) is 4.90. The molecule has 6 heteroatoms. The summed E-state index contributed by atoms with van der Waals surface area (Å²) >= 11 is 7.94. The number of halogens is 1. The number of quaternary nitrogens is 1. The van der Waals surface area contributed by atoms with Gasteiger partial charge in [-0.05, 0) is 49.6 Å². The Labute approximate surface area is 168 Å². The van der Waals surface area contributed by atoms with Crippen LogP contribution in [0.2, 0.25) is 5.02 Å². The summed E-state index contributed by atoms with van der Waals surface area (Å²) in [6.07, 6.45) is 2.28. The van der Waals surface area contributed by atoms with Crippen LogP contribution in [0.5, 0.6) is 0 Å². The van der Waals surface area contributed by atoms with Crippen molar-refractivity contribution in [2.45, 2.75) is 25.7 Å². The predicted molar refractivity (Wildman–Crippen MR) is 112 cm³/mol. The number of carbonyl (C=O) groups excluding carboxylic acids is 1. The highest BCUT2D eigenvalue weighted by molar-refractivity contribution is 7.18. The van der Waals surface area contributed by atoms with E-state index in [9.17, 15) is 4.79 Å². The molecule has 3 aromatic rings. The zero-order valence-corrected chi connectivity index (χ0v) is 16.9. The molecule has 1 unspecified atom stereocenters. The summed E-state index contributed by atoms with van der Waals surface area (Å²) in [6, 6.07) is 13.9. The molecule has 1 amide bonds. The van der Waals surface area contributed by atoms with Gasteiger partial charge in [-0.1, -0.05) is 29.8 Å². The lowest BCUT2D eigenvalue weighted by Crippen LogP contribution is -3.14. The Bertz CT molecular complexity index is 938. The number of nitrogens with one attached hydrogen (secondary N) is 2. The molecule has 1 saturated heterocycles. The molecule has 0 bridgehead atoms. The highest BCUT2D eigenvalue weighted by Crippen LogP contribution is 2.30. The van der Waals surface area contributed by atoms with Gasteiger partial charge in [-0.15, -0.1) is 11.3 Å². The Morgan fingerprint density at radius 1 is 1.30 bits per heavy atom. The first-order valence-corrected chi connectivity index (χ1v) is 10.5. The van der Waals surface area contributed by atoms with Gasteiger partial charge >= 0.3 is 0 Å². The molecule has 140 valence electrons. The van der Waals surface area contributed by atoms with Crippen LogP contribution in [0.4, 0.5) is 5.69 Å². The van der Waals surface area contributed by atoms with Crippen LogP contribution in [-0.4, -0.2) is 30.5 Å². The number of fused-ring (bicyclic) bond motifs is 1. The topological polar surface area (TPSA) is 46.4 Å². The van der Waals surface area contributed by atoms with Crippen LogP contribution in [0.15, 0.2) is 42.5 Å². The highest BCUT2D eigenvalue weighted by Gasteiger charge is 2.28. The highest BCUT2D eigenvalue weighted by atomic mass is 35.5. The number of carbonyl (C=O) groups is 1. The van der Waals surface area contributed by atoms with Gasteiger partial charge in [-0.25, -0.2) is 4.98 Å². The molecule has 4 nitrogen and oxygen atoms in total. The Balaban J connectivity index is 1.40. The minimum Gasteiger partial charge on any atom is -0.327 e. The number of hydrogen-bond donors (Lipinski definition) is 2. The normalized spacial score (nSPS) is 19.9. The standard InChI is InChI=1S/C21H22ClN3OS/c1-14-16(22)7-4-9-17(14)23-20(26)13-25-11-5-6-15(12-25)21-24-18-8-2-3-10-19(18)27-21/h2-4,7-10,15H,5-6,11-13H2,1H3,(H,23,26)/p+1/t15-/m0/s1. The van der Waals surface area contributed by atoms with E-state index in [1.807, 2.05) is 31.2 Å². The van der Waals surface area contributed by atoms with Crippen molar-refractivity contribution in [3.05, 3.63) is 58.1 Å². The van der Waals surface area contributed by atoms with Crippen LogP contribution in [0, 0.1) is 6.92 Å². The first-order chi connectivity index (χ1) is 13.1. The second kappa shape index (κ2) is 7.97. The predicted octanol–water partition coefficient (Wildman–Crippen LogP) is 3.66. The average molecular weight is 401 g/mol. The minimum atomic E-state index is 0.0420. The van der Waals surface area contributed by atoms with Crippen LogP contribution < -0.4 is 10.2 Å². The van der Waals surface area contributed by atoms with E-state index in [1.54, 1.807) is 11.3 Å².